The summed E-state index contributed by atoms with van der Waals surface area (Å²) < 4.78 is 13.7. The normalized spacial score (nSPS) is 17.1. The lowest BCUT2D eigenvalue weighted by molar-refractivity contribution is 0.134. The zero-order valence-corrected chi connectivity index (χ0v) is 22.2. The molecule has 0 saturated heterocycles. The van der Waals surface area contributed by atoms with Gasteiger partial charge in [0.1, 0.15) is 11.4 Å². The highest BCUT2D eigenvalue weighted by Crippen LogP contribution is 2.47. The van der Waals surface area contributed by atoms with Gasteiger partial charge in [-0.15, -0.1) is 0 Å². The molecule has 2 aromatic heterocycles. The van der Waals surface area contributed by atoms with Crippen LogP contribution in [-0.4, -0.2) is 33.5 Å². The second-order valence-electron chi connectivity index (χ2n) is 11.4. The molecule has 6 rings (SSSR count). The minimum absolute atomic E-state index is 0.136. The molecule has 2 aromatic carbocycles. The van der Waals surface area contributed by atoms with Gasteiger partial charge in [0, 0.05) is 40.8 Å². The van der Waals surface area contributed by atoms with Crippen LogP contribution in [0.5, 0.6) is 11.5 Å². The Kier molecular flexibility index (Phi) is 5.10. The van der Waals surface area contributed by atoms with E-state index in [-0.39, 0.29) is 16.7 Å². The van der Waals surface area contributed by atoms with Crippen LogP contribution in [0.3, 0.4) is 0 Å². The van der Waals surface area contributed by atoms with Crippen molar-refractivity contribution in [3.8, 4) is 17.3 Å². The molecule has 6 nitrogen and oxygen atoms in total. The first-order valence-electron chi connectivity index (χ1n) is 12.7. The number of benzene rings is 2. The number of ether oxygens (including phenoxy) is 2. The van der Waals surface area contributed by atoms with Crippen LogP contribution in [0.2, 0.25) is 0 Å². The summed E-state index contributed by atoms with van der Waals surface area (Å²) in [6.07, 6.45) is 3.42. The molecule has 0 unspecified atom stereocenters. The fraction of sp³-hybridized carbons (Fsp3) is 0.323. The molecule has 0 N–H and O–H groups in total. The van der Waals surface area contributed by atoms with E-state index in [0.29, 0.717) is 5.82 Å². The van der Waals surface area contributed by atoms with Crippen LogP contribution in [0.15, 0.2) is 64.5 Å². The van der Waals surface area contributed by atoms with E-state index < -0.39 is 0 Å². The highest BCUT2D eigenvalue weighted by Gasteiger charge is 2.39. The Morgan fingerprint density at radius 3 is 2.57 bits per heavy atom. The summed E-state index contributed by atoms with van der Waals surface area (Å²) in [6, 6.07) is 15.6. The summed E-state index contributed by atoms with van der Waals surface area (Å²) in [5, 5.41) is 1.04. The van der Waals surface area contributed by atoms with Crippen LogP contribution >= 0.6 is 0 Å². The van der Waals surface area contributed by atoms with Gasteiger partial charge in [0.05, 0.1) is 23.9 Å². The number of methoxy groups -OCH3 is 1. The molecule has 0 bridgehead atoms. The molecule has 188 valence electrons. The van der Waals surface area contributed by atoms with Crippen molar-refractivity contribution in [2.24, 2.45) is 4.99 Å². The molecule has 0 radical (unpaired) electrons. The van der Waals surface area contributed by atoms with Crippen molar-refractivity contribution in [1.29, 1.82) is 0 Å². The van der Waals surface area contributed by atoms with Gasteiger partial charge < -0.3 is 9.47 Å². The molecule has 4 heterocycles. The molecule has 0 amide bonds. The van der Waals surface area contributed by atoms with Gasteiger partial charge in [-0.25, -0.2) is 4.98 Å². The fourth-order valence-electron chi connectivity index (χ4n) is 5.59. The summed E-state index contributed by atoms with van der Waals surface area (Å²) >= 11 is 0. The molecule has 0 atom stereocenters. The lowest BCUT2D eigenvalue weighted by Gasteiger charge is -2.31. The zero-order chi connectivity index (χ0) is 26.1. The first-order valence-corrected chi connectivity index (χ1v) is 12.7. The number of hydrogen-bond donors (Lipinski definition) is 0. The molecule has 6 heteroatoms. The number of pyridine rings is 2. The molecule has 37 heavy (non-hydrogen) atoms. The fourth-order valence-corrected chi connectivity index (χ4v) is 5.59. The number of aromatic nitrogens is 2. The average molecular weight is 494 g/mol. The third kappa shape index (κ3) is 4.01. The Morgan fingerprint density at radius 2 is 1.78 bits per heavy atom. The standard InChI is InChI=1S/C31H31N3O3/c1-18-7-8-19-9-11-25(32-23(19)13-18)34-17-20(10-12-26(34)35)28-27-21(15-30(2,3)33-28)14-24(36-6)29-22(27)16-31(4,5)37-29/h7-14,17H,15-16H2,1-6H3. The SMILES string of the molecule is COc1cc2c(c3c1OC(C)(C)C3)C(c1ccc(=O)n(-c3ccc4ccc(C)cc4n3)c1)=NC(C)(C)C2. The van der Waals surface area contributed by atoms with Crippen molar-refractivity contribution in [2.75, 3.05) is 7.11 Å². The van der Waals surface area contributed by atoms with E-state index in [1.807, 2.05) is 37.4 Å². The van der Waals surface area contributed by atoms with Crippen LogP contribution in [0.25, 0.3) is 16.7 Å². The van der Waals surface area contributed by atoms with E-state index in [0.717, 1.165) is 63.2 Å². The Bertz CT molecular complexity index is 1680. The maximum absolute atomic E-state index is 13.0. The number of aryl methyl sites for hydroxylation is 1. The number of fused-ring (bicyclic) bond motifs is 4. The first kappa shape index (κ1) is 23.5. The van der Waals surface area contributed by atoms with Gasteiger partial charge in [-0.2, -0.15) is 0 Å². The van der Waals surface area contributed by atoms with Crippen molar-refractivity contribution >= 4 is 16.6 Å². The average Bonchev–Trinajstić information content (AvgIpc) is 3.17. The largest absolute Gasteiger partial charge is 0.493 e. The molecule has 0 spiro atoms. The van der Waals surface area contributed by atoms with Crippen molar-refractivity contribution in [3.05, 3.63) is 92.9 Å². The number of aliphatic imine (C=N–C) groups is 1. The Morgan fingerprint density at radius 1 is 1.00 bits per heavy atom. The quantitative estimate of drug-likeness (QED) is 0.373. The second kappa shape index (κ2) is 8.04. The lowest BCUT2D eigenvalue weighted by Crippen LogP contribution is -2.31. The minimum atomic E-state index is -0.339. The van der Waals surface area contributed by atoms with Gasteiger partial charge in [-0.05, 0) is 82.5 Å². The van der Waals surface area contributed by atoms with E-state index >= 15 is 0 Å². The highest BCUT2D eigenvalue weighted by molar-refractivity contribution is 6.16. The topological polar surface area (TPSA) is 65.7 Å². The zero-order valence-electron chi connectivity index (χ0n) is 22.2. The third-order valence-electron chi connectivity index (χ3n) is 7.17. The van der Waals surface area contributed by atoms with Gasteiger partial charge in [-0.3, -0.25) is 14.4 Å². The van der Waals surface area contributed by atoms with Crippen molar-refractivity contribution < 1.29 is 9.47 Å². The summed E-state index contributed by atoms with van der Waals surface area (Å²) in [7, 11) is 1.69. The summed E-state index contributed by atoms with van der Waals surface area (Å²) in [5.74, 6) is 2.14. The summed E-state index contributed by atoms with van der Waals surface area (Å²) in [4.78, 5) is 23.1. The summed E-state index contributed by atoms with van der Waals surface area (Å²) in [6.45, 7) is 10.5. The number of hydrogen-bond acceptors (Lipinski definition) is 5. The Balaban J connectivity index is 1.55. The van der Waals surface area contributed by atoms with Gasteiger partial charge in [-0.1, -0.05) is 12.1 Å². The van der Waals surface area contributed by atoms with Crippen LogP contribution in [-0.2, 0) is 12.8 Å². The molecule has 0 saturated carbocycles. The van der Waals surface area contributed by atoms with E-state index in [2.05, 4.69) is 45.9 Å². The lowest BCUT2D eigenvalue weighted by atomic mass is 9.81. The predicted octanol–water partition coefficient (Wildman–Crippen LogP) is 5.59. The van der Waals surface area contributed by atoms with Crippen LogP contribution < -0.4 is 15.0 Å². The van der Waals surface area contributed by atoms with Gasteiger partial charge >= 0.3 is 0 Å². The molecule has 2 aliphatic heterocycles. The Hall–Kier alpha value is -3.93. The van der Waals surface area contributed by atoms with Crippen molar-refractivity contribution in [1.82, 2.24) is 9.55 Å². The molecule has 0 fully saturated rings. The molecule has 2 aliphatic rings. The number of nitrogens with zero attached hydrogens (tertiary/aromatic N) is 3. The van der Waals surface area contributed by atoms with Crippen LogP contribution in [0.1, 0.15) is 55.5 Å². The second-order valence-corrected chi connectivity index (χ2v) is 11.4. The van der Waals surface area contributed by atoms with Gasteiger partial charge in [0.25, 0.3) is 5.56 Å². The maximum Gasteiger partial charge on any atom is 0.256 e. The van der Waals surface area contributed by atoms with Crippen LogP contribution in [0, 0.1) is 6.92 Å². The van der Waals surface area contributed by atoms with Gasteiger partial charge in [0.15, 0.2) is 11.5 Å². The smallest absolute Gasteiger partial charge is 0.256 e. The Labute approximate surface area is 216 Å². The van der Waals surface area contributed by atoms with Gasteiger partial charge in [0.2, 0.25) is 0 Å². The van der Waals surface area contributed by atoms with E-state index in [9.17, 15) is 4.79 Å². The van der Waals surface area contributed by atoms with E-state index in [1.165, 1.54) is 5.56 Å². The van der Waals surface area contributed by atoms with Crippen molar-refractivity contribution in [3.63, 3.8) is 0 Å². The van der Waals surface area contributed by atoms with E-state index in [1.54, 1.807) is 17.7 Å². The monoisotopic (exact) mass is 493 g/mol. The minimum Gasteiger partial charge on any atom is -0.493 e. The molecular formula is C31H31N3O3. The third-order valence-corrected chi connectivity index (χ3v) is 7.17. The van der Waals surface area contributed by atoms with Crippen molar-refractivity contribution in [2.45, 2.75) is 58.6 Å². The predicted molar refractivity (Wildman–Crippen MR) is 147 cm³/mol. The van der Waals surface area contributed by atoms with Crippen LogP contribution in [0.4, 0.5) is 0 Å². The highest BCUT2D eigenvalue weighted by atomic mass is 16.5. The summed E-state index contributed by atoms with van der Waals surface area (Å²) in [5.41, 5.74) is 6.34. The molecule has 0 aliphatic carbocycles. The molecular weight excluding hydrogens is 462 g/mol. The maximum atomic E-state index is 13.0. The first-order chi connectivity index (χ1) is 17.5. The number of rotatable bonds is 3. The van der Waals surface area contributed by atoms with E-state index in [4.69, 9.17) is 19.5 Å². The molecule has 4 aromatic rings.